The number of ether oxygens (including phenoxy) is 2. The van der Waals surface area contributed by atoms with E-state index in [4.69, 9.17) is 9.47 Å². The summed E-state index contributed by atoms with van der Waals surface area (Å²) in [6.07, 6.45) is 5.04. The van der Waals surface area contributed by atoms with Crippen molar-refractivity contribution >= 4 is 22.6 Å². The van der Waals surface area contributed by atoms with Gasteiger partial charge in [0.1, 0.15) is 11.3 Å². The number of esters is 1. The molecule has 2 aliphatic rings. The van der Waals surface area contributed by atoms with Gasteiger partial charge in [-0.2, -0.15) is 0 Å². The highest BCUT2D eigenvalue weighted by molar-refractivity contribution is 5.97. The van der Waals surface area contributed by atoms with E-state index >= 15 is 4.39 Å². The van der Waals surface area contributed by atoms with Crippen molar-refractivity contribution in [3.63, 3.8) is 0 Å². The van der Waals surface area contributed by atoms with Crippen LogP contribution < -0.4 is 20.4 Å². The Balaban J connectivity index is 1.87. The summed E-state index contributed by atoms with van der Waals surface area (Å²) >= 11 is 0. The van der Waals surface area contributed by atoms with E-state index in [1.807, 2.05) is 23.4 Å². The number of hydrogen-bond donors (Lipinski definition) is 1. The summed E-state index contributed by atoms with van der Waals surface area (Å²) in [4.78, 5) is 27.7. The molecule has 1 saturated heterocycles. The number of hydrogen-bond acceptors (Lipinski definition) is 6. The monoisotopic (exact) mass is 445 g/mol. The van der Waals surface area contributed by atoms with Gasteiger partial charge in [-0.05, 0) is 51.6 Å². The highest BCUT2D eigenvalue weighted by atomic mass is 19.1. The van der Waals surface area contributed by atoms with Crippen LogP contribution in [-0.2, 0) is 4.74 Å². The van der Waals surface area contributed by atoms with Crippen LogP contribution in [0.1, 0.15) is 55.9 Å². The summed E-state index contributed by atoms with van der Waals surface area (Å²) in [7, 11) is 3.44. The normalized spacial score (nSPS) is 19.4. The lowest BCUT2D eigenvalue weighted by atomic mass is 10.0. The molecule has 2 fully saturated rings. The van der Waals surface area contributed by atoms with Crippen molar-refractivity contribution < 1.29 is 18.7 Å². The maximum atomic E-state index is 15.5. The Labute approximate surface area is 187 Å². The van der Waals surface area contributed by atoms with Gasteiger partial charge in [-0.25, -0.2) is 9.18 Å². The SMILES string of the molecule is CCCOC(=O)c1cn(C2CC2)c2c(OC)c(N3CC[C@@H]([C@H](C)NC)C3)c(F)cc2c1=O. The molecular weight excluding hydrogens is 413 g/mol. The van der Waals surface area contributed by atoms with Crippen molar-refractivity contribution in [3.05, 3.63) is 33.9 Å². The Morgan fingerprint density at radius 2 is 2.09 bits per heavy atom. The number of benzene rings is 1. The average molecular weight is 446 g/mol. The van der Waals surface area contributed by atoms with E-state index in [1.165, 1.54) is 13.2 Å². The van der Waals surface area contributed by atoms with Gasteiger partial charge in [-0.3, -0.25) is 4.79 Å². The molecule has 1 saturated carbocycles. The molecule has 8 heteroatoms. The van der Waals surface area contributed by atoms with Crippen molar-refractivity contribution in [1.29, 1.82) is 0 Å². The molecule has 174 valence electrons. The Bertz CT molecular complexity index is 1080. The summed E-state index contributed by atoms with van der Waals surface area (Å²) in [6.45, 7) is 5.67. The van der Waals surface area contributed by atoms with Gasteiger partial charge in [0.2, 0.25) is 5.43 Å². The highest BCUT2D eigenvalue weighted by Crippen LogP contribution is 2.44. The lowest BCUT2D eigenvalue weighted by Crippen LogP contribution is -2.33. The molecule has 32 heavy (non-hydrogen) atoms. The van der Waals surface area contributed by atoms with Gasteiger partial charge in [0.25, 0.3) is 0 Å². The number of halogens is 1. The predicted octanol–water partition coefficient (Wildman–Crippen LogP) is 3.49. The molecule has 1 N–H and O–H groups in total. The van der Waals surface area contributed by atoms with Crippen molar-refractivity contribution in [2.24, 2.45) is 5.92 Å². The second-order valence-corrected chi connectivity index (χ2v) is 8.85. The van der Waals surface area contributed by atoms with Crippen molar-refractivity contribution in [3.8, 4) is 5.75 Å². The van der Waals surface area contributed by atoms with Crippen LogP contribution in [0.5, 0.6) is 5.75 Å². The van der Waals surface area contributed by atoms with Gasteiger partial charge in [0, 0.05) is 31.4 Å². The molecule has 2 atom stereocenters. The summed E-state index contributed by atoms with van der Waals surface area (Å²) in [5.74, 6) is -0.429. The summed E-state index contributed by atoms with van der Waals surface area (Å²) < 4.78 is 28.3. The minimum atomic E-state index is -0.667. The average Bonchev–Trinajstić information content (AvgIpc) is 3.53. The van der Waals surface area contributed by atoms with Crippen LogP contribution in [0.2, 0.25) is 0 Å². The fourth-order valence-corrected chi connectivity index (χ4v) is 4.62. The molecule has 0 radical (unpaired) electrons. The first kappa shape index (κ1) is 22.6. The number of rotatable bonds is 8. The van der Waals surface area contributed by atoms with Crippen LogP contribution in [0, 0.1) is 11.7 Å². The van der Waals surface area contributed by atoms with Crippen molar-refractivity contribution in [1.82, 2.24) is 9.88 Å². The van der Waals surface area contributed by atoms with Crippen LogP contribution in [0.4, 0.5) is 10.1 Å². The van der Waals surface area contributed by atoms with Crippen LogP contribution in [0.3, 0.4) is 0 Å². The van der Waals surface area contributed by atoms with Crippen molar-refractivity contribution in [2.75, 3.05) is 38.8 Å². The number of carbonyl (C=O) groups is 1. The molecular formula is C24H32FN3O4. The number of aromatic nitrogens is 1. The van der Waals surface area contributed by atoms with Crippen LogP contribution in [-0.4, -0.2) is 50.4 Å². The molecule has 2 aromatic rings. The van der Waals surface area contributed by atoms with E-state index in [-0.39, 0.29) is 23.6 Å². The zero-order chi connectivity index (χ0) is 23.0. The minimum absolute atomic E-state index is 0.0591. The van der Waals surface area contributed by atoms with Gasteiger partial charge in [0.05, 0.1) is 24.6 Å². The van der Waals surface area contributed by atoms with E-state index in [2.05, 4.69) is 12.2 Å². The number of pyridine rings is 1. The zero-order valence-corrected chi connectivity index (χ0v) is 19.2. The zero-order valence-electron chi connectivity index (χ0n) is 19.2. The first-order chi connectivity index (χ1) is 15.4. The first-order valence-electron chi connectivity index (χ1n) is 11.5. The maximum absolute atomic E-state index is 15.5. The molecule has 2 heterocycles. The number of methoxy groups -OCH3 is 1. The third-order valence-electron chi connectivity index (χ3n) is 6.70. The molecule has 0 bridgehead atoms. The fourth-order valence-electron chi connectivity index (χ4n) is 4.62. The molecule has 1 aliphatic carbocycles. The Kier molecular flexibility index (Phi) is 6.42. The Morgan fingerprint density at radius 1 is 1.34 bits per heavy atom. The van der Waals surface area contributed by atoms with Crippen LogP contribution in [0.15, 0.2) is 17.1 Å². The highest BCUT2D eigenvalue weighted by Gasteiger charge is 2.34. The number of nitrogens with zero attached hydrogens (tertiary/aromatic N) is 2. The van der Waals surface area contributed by atoms with E-state index in [1.54, 1.807) is 6.20 Å². The molecule has 1 aromatic heterocycles. The smallest absolute Gasteiger partial charge is 0.343 e. The van der Waals surface area contributed by atoms with Crippen molar-refractivity contribution in [2.45, 2.75) is 51.6 Å². The number of carbonyl (C=O) groups excluding carboxylic acids is 1. The molecule has 0 unspecified atom stereocenters. The van der Waals surface area contributed by atoms with Gasteiger partial charge >= 0.3 is 5.97 Å². The van der Waals surface area contributed by atoms with Gasteiger partial charge in [-0.1, -0.05) is 6.92 Å². The van der Waals surface area contributed by atoms with E-state index < -0.39 is 17.2 Å². The van der Waals surface area contributed by atoms with E-state index in [0.717, 1.165) is 19.3 Å². The lowest BCUT2D eigenvalue weighted by Gasteiger charge is -2.25. The predicted molar refractivity (Wildman–Crippen MR) is 122 cm³/mol. The second kappa shape index (κ2) is 9.10. The Morgan fingerprint density at radius 3 is 2.72 bits per heavy atom. The molecule has 1 aliphatic heterocycles. The summed E-state index contributed by atoms with van der Waals surface area (Å²) in [5, 5.41) is 3.43. The second-order valence-electron chi connectivity index (χ2n) is 8.85. The van der Waals surface area contributed by atoms with Crippen LogP contribution >= 0.6 is 0 Å². The van der Waals surface area contributed by atoms with E-state index in [0.29, 0.717) is 48.4 Å². The van der Waals surface area contributed by atoms with Crippen LogP contribution in [0.25, 0.3) is 10.9 Å². The molecule has 0 amide bonds. The Hall–Kier alpha value is -2.61. The molecule has 4 rings (SSSR count). The largest absolute Gasteiger partial charge is 0.492 e. The summed E-state index contributed by atoms with van der Waals surface area (Å²) in [5.41, 5.74) is 0.357. The molecule has 0 spiro atoms. The first-order valence-corrected chi connectivity index (χ1v) is 11.5. The fraction of sp³-hybridized carbons (Fsp3) is 0.583. The number of anilines is 1. The third-order valence-corrected chi connectivity index (χ3v) is 6.70. The van der Waals surface area contributed by atoms with Gasteiger partial charge < -0.3 is 24.3 Å². The third kappa shape index (κ3) is 3.96. The number of fused-ring (bicyclic) bond motifs is 1. The lowest BCUT2D eigenvalue weighted by molar-refractivity contribution is 0.0503. The molecule has 7 nitrogen and oxygen atoms in total. The standard InChI is InChI=1S/C24H32FN3O4/c1-5-10-32-24(30)18-13-28(16-6-7-16)20-17(22(18)29)11-19(25)21(23(20)31-4)27-9-8-15(12-27)14(2)26-3/h11,13-16,26H,5-10,12H2,1-4H3/t14-,15+/m0/s1. The molecule has 1 aromatic carbocycles. The topological polar surface area (TPSA) is 72.8 Å². The van der Waals surface area contributed by atoms with Gasteiger partial charge in [-0.15, -0.1) is 0 Å². The minimum Gasteiger partial charge on any atom is -0.492 e. The van der Waals surface area contributed by atoms with Gasteiger partial charge in [0.15, 0.2) is 11.6 Å². The summed E-state index contributed by atoms with van der Waals surface area (Å²) in [6, 6.07) is 1.73. The van der Waals surface area contributed by atoms with E-state index in [9.17, 15) is 9.59 Å². The number of nitrogens with one attached hydrogen (secondary N) is 1. The maximum Gasteiger partial charge on any atom is 0.343 e. The quantitative estimate of drug-likeness (QED) is 0.627.